The van der Waals surface area contributed by atoms with Gasteiger partial charge in [-0.25, -0.2) is 0 Å². The highest BCUT2D eigenvalue weighted by atomic mass is 79.9. The first-order valence-corrected chi connectivity index (χ1v) is 12.0. The van der Waals surface area contributed by atoms with Crippen molar-refractivity contribution in [3.63, 3.8) is 0 Å². The SMILES string of the molecule is CCNC(=O)[C@@H](CC)N(Cc1ccccc1Cl)C(=O)COc1ccc(C(C)(C)C)cc1Br. The summed E-state index contributed by atoms with van der Waals surface area (Å²) < 4.78 is 6.63. The predicted octanol–water partition coefficient (Wildman–Crippen LogP) is 5.72. The van der Waals surface area contributed by atoms with Crippen molar-refractivity contribution in [3.8, 4) is 5.75 Å². The van der Waals surface area contributed by atoms with E-state index in [1.54, 1.807) is 11.0 Å². The highest BCUT2D eigenvalue weighted by Crippen LogP contribution is 2.31. The fourth-order valence-electron chi connectivity index (χ4n) is 3.33. The number of carbonyl (C=O) groups is 2. The summed E-state index contributed by atoms with van der Waals surface area (Å²) in [6.45, 7) is 10.7. The van der Waals surface area contributed by atoms with Crippen molar-refractivity contribution in [3.05, 3.63) is 63.1 Å². The molecule has 2 aromatic rings. The number of nitrogens with one attached hydrogen (secondary N) is 1. The lowest BCUT2D eigenvalue weighted by Crippen LogP contribution is -2.50. The zero-order valence-corrected chi connectivity index (χ0v) is 21.7. The largest absolute Gasteiger partial charge is 0.483 e. The number of halogens is 2. The van der Waals surface area contributed by atoms with E-state index in [1.165, 1.54) is 0 Å². The van der Waals surface area contributed by atoms with Crippen LogP contribution in [0.2, 0.25) is 5.02 Å². The van der Waals surface area contributed by atoms with Gasteiger partial charge in [-0.2, -0.15) is 0 Å². The molecule has 32 heavy (non-hydrogen) atoms. The Morgan fingerprint density at radius 1 is 1.16 bits per heavy atom. The van der Waals surface area contributed by atoms with Crippen LogP contribution in [0, 0.1) is 0 Å². The summed E-state index contributed by atoms with van der Waals surface area (Å²) in [5, 5.41) is 3.37. The van der Waals surface area contributed by atoms with Gasteiger partial charge in [-0.05, 0) is 64.0 Å². The van der Waals surface area contributed by atoms with Crippen LogP contribution in [0.1, 0.15) is 52.2 Å². The molecule has 0 fully saturated rings. The van der Waals surface area contributed by atoms with Crippen LogP contribution >= 0.6 is 27.5 Å². The predicted molar refractivity (Wildman–Crippen MR) is 133 cm³/mol. The second-order valence-electron chi connectivity index (χ2n) is 8.62. The van der Waals surface area contributed by atoms with Gasteiger partial charge in [0.05, 0.1) is 4.47 Å². The van der Waals surface area contributed by atoms with Crippen molar-refractivity contribution >= 4 is 39.3 Å². The number of hydrogen-bond acceptors (Lipinski definition) is 3. The maximum absolute atomic E-state index is 13.2. The number of carbonyl (C=O) groups excluding carboxylic acids is 2. The van der Waals surface area contributed by atoms with Crippen molar-refractivity contribution in [2.45, 2.75) is 59.0 Å². The van der Waals surface area contributed by atoms with Crippen molar-refractivity contribution in [2.75, 3.05) is 13.2 Å². The zero-order chi connectivity index (χ0) is 23.9. The molecule has 0 aromatic heterocycles. The molecule has 0 bridgehead atoms. The van der Waals surface area contributed by atoms with Gasteiger partial charge in [0.1, 0.15) is 11.8 Å². The summed E-state index contributed by atoms with van der Waals surface area (Å²) >= 11 is 9.88. The third-order valence-corrected chi connectivity index (χ3v) is 6.17. The Hall–Kier alpha value is -2.05. The van der Waals surface area contributed by atoms with Gasteiger partial charge >= 0.3 is 0 Å². The molecule has 174 valence electrons. The fourth-order valence-corrected chi connectivity index (χ4v) is 4.02. The monoisotopic (exact) mass is 522 g/mol. The average molecular weight is 524 g/mol. The first-order chi connectivity index (χ1) is 15.1. The molecule has 7 heteroatoms. The minimum absolute atomic E-state index is 0.00358. The Labute approximate surface area is 204 Å². The Bertz CT molecular complexity index is 943. The van der Waals surface area contributed by atoms with Crippen LogP contribution in [0.15, 0.2) is 46.9 Å². The molecule has 5 nitrogen and oxygen atoms in total. The molecular formula is C25H32BrClN2O3. The minimum Gasteiger partial charge on any atom is -0.483 e. The second kappa shape index (κ2) is 11.7. The van der Waals surface area contributed by atoms with Crippen LogP contribution < -0.4 is 10.1 Å². The Morgan fingerprint density at radius 2 is 1.84 bits per heavy atom. The van der Waals surface area contributed by atoms with Gasteiger partial charge in [-0.15, -0.1) is 0 Å². The van der Waals surface area contributed by atoms with Crippen molar-refractivity contribution < 1.29 is 14.3 Å². The van der Waals surface area contributed by atoms with Gasteiger partial charge in [0.2, 0.25) is 5.91 Å². The summed E-state index contributed by atoms with van der Waals surface area (Å²) in [7, 11) is 0. The molecule has 1 atom stereocenters. The molecule has 0 saturated heterocycles. The van der Waals surface area contributed by atoms with Crippen LogP contribution in [-0.2, 0) is 21.5 Å². The summed E-state index contributed by atoms with van der Waals surface area (Å²) in [5.74, 6) is 0.107. The van der Waals surface area contributed by atoms with E-state index in [9.17, 15) is 9.59 Å². The fraction of sp³-hybridized carbons (Fsp3) is 0.440. The summed E-state index contributed by atoms with van der Waals surface area (Å²) in [6.07, 6.45) is 0.478. The molecule has 2 aromatic carbocycles. The molecule has 2 rings (SSSR count). The Morgan fingerprint density at radius 3 is 2.41 bits per heavy atom. The first kappa shape index (κ1) is 26.2. The van der Waals surface area contributed by atoms with Gasteiger partial charge in [-0.3, -0.25) is 9.59 Å². The number of rotatable bonds is 9. The van der Waals surface area contributed by atoms with Gasteiger partial charge in [-0.1, -0.05) is 63.6 Å². The van der Waals surface area contributed by atoms with E-state index >= 15 is 0 Å². The molecule has 0 unspecified atom stereocenters. The Kier molecular flexibility index (Phi) is 9.59. The minimum atomic E-state index is -0.617. The molecular weight excluding hydrogens is 492 g/mol. The highest BCUT2D eigenvalue weighted by molar-refractivity contribution is 9.10. The zero-order valence-electron chi connectivity index (χ0n) is 19.4. The topological polar surface area (TPSA) is 58.6 Å². The first-order valence-electron chi connectivity index (χ1n) is 10.8. The van der Waals surface area contributed by atoms with Crippen molar-refractivity contribution in [1.29, 1.82) is 0 Å². The number of amides is 2. The van der Waals surface area contributed by atoms with E-state index in [4.69, 9.17) is 16.3 Å². The third-order valence-electron chi connectivity index (χ3n) is 5.18. The van der Waals surface area contributed by atoms with Crippen molar-refractivity contribution in [1.82, 2.24) is 10.2 Å². The number of likely N-dealkylation sites (N-methyl/N-ethyl adjacent to an activating group) is 1. The molecule has 0 spiro atoms. The van der Waals surface area contributed by atoms with Crippen LogP contribution in [0.4, 0.5) is 0 Å². The molecule has 0 heterocycles. The van der Waals surface area contributed by atoms with Crippen LogP contribution in [0.25, 0.3) is 0 Å². The lowest BCUT2D eigenvalue weighted by atomic mass is 9.87. The molecule has 0 radical (unpaired) electrons. The normalized spacial score (nSPS) is 12.2. The lowest BCUT2D eigenvalue weighted by molar-refractivity contribution is -0.142. The number of benzene rings is 2. The molecule has 0 saturated carbocycles. The van der Waals surface area contributed by atoms with Gasteiger partial charge in [0.15, 0.2) is 6.61 Å². The van der Waals surface area contributed by atoms with Crippen LogP contribution in [0.3, 0.4) is 0 Å². The molecule has 1 N–H and O–H groups in total. The lowest BCUT2D eigenvalue weighted by Gasteiger charge is -2.30. The quantitative estimate of drug-likeness (QED) is 0.457. The molecule has 0 aliphatic carbocycles. The average Bonchev–Trinajstić information content (AvgIpc) is 2.73. The summed E-state index contributed by atoms with van der Waals surface area (Å²) in [4.78, 5) is 27.5. The van der Waals surface area contributed by atoms with E-state index in [0.29, 0.717) is 23.7 Å². The summed E-state index contributed by atoms with van der Waals surface area (Å²) in [5.41, 5.74) is 1.94. The van der Waals surface area contributed by atoms with Gasteiger partial charge < -0.3 is 15.0 Å². The highest BCUT2D eigenvalue weighted by Gasteiger charge is 2.29. The van der Waals surface area contributed by atoms with Gasteiger partial charge in [0.25, 0.3) is 5.91 Å². The second-order valence-corrected chi connectivity index (χ2v) is 9.88. The van der Waals surface area contributed by atoms with Gasteiger partial charge in [0, 0.05) is 18.1 Å². The molecule has 2 amide bonds. The standard InChI is InChI=1S/C25H32BrClN2O3/c1-6-21(24(31)28-7-2)29(15-17-10-8-9-11-20(17)27)23(30)16-32-22-13-12-18(14-19(22)26)25(3,4)5/h8-14,21H,6-7,15-16H2,1-5H3,(H,28,31)/t21-/m1/s1. The van der Waals surface area contributed by atoms with E-state index in [2.05, 4.69) is 42.0 Å². The Balaban J connectivity index is 2.24. The maximum Gasteiger partial charge on any atom is 0.261 e. The van der Waals surface area contributed by atoms with E-state index in [0.717, 1.165) is 15.6 Å². The number of ether oxygens (including phenoxy) is 1. The number of hydrogen-bond donors (Lipinski definition) is 1. The molecule has 0 aliphatic rings. The van der Waals surface area contributed by atoms with Crippen LogP contribution in [-0.4, -0.2) is 35.9 Å². The maximum atomic E-state index is 13.2. The van der Waals surface area contributed by atoms with E-state index in [1.807, 2.05) is 50.2 Å². The van der Waals surface area contributed by atoms with E-state index < -0.39 is 6.04 Å². The van der Waals surface area contributed by atoms with Crippen molar-refractivity contribution in [2.24, 2.45) is 0 Å². The molecule has 0 aliphatic heterocycles. The smallest absolute Gasteiger partial charge is 0.261 e. The van der Waals surface area contributed by atoms with Crippen LogP contribution in [0.5, 0.6) is 5.75 Å². The van der Waals surface area contributed by atoms with E-state index in [-0.39, 0.29) is 30.4 Å². The summed E-state index contributed by atoms with van der Waals surface area (Å²) in [6, 6.07) is 12.6. The number of nitrogens with zero attached hydrogens (tertiary/aromatic N) is 1. The third kappa shape index (κ3) is 6.97.